The third-order valence-corrected chi connectivity index (χ3v) is 4.68. The molecule has 0 spiro atoms. The summed E-state index contributed by atoms with van der Waals surface area (Å²) in [7, 11) is 0. The normalized spacial score (nSPS) is 11.5. The highest BCUT2D eigenvalue weighted by Gasteiger charge is 2.07. The molecule has 0 atom stereocenters. The lowest BCUT2D eigenvalue weighted by Crippen LogP contribution is -2.04. The monoisotopic (exact) mass is 349 g/mol. The molecule has 0 amide bonds. The molecule has 0 bridgehead atoms. The number of pyridine rings is 1. The van der Waals surface area contributed by atoms with E-state index < -0.39 is 0 Å². The van der Waals surface area contributed by atoms with Crippen molar-refractivity contribution >= 4 is 17.0 Å². The highest BCUT2D eigenvalue weighted by atomic mass is 14.7. The molecule has 3 heteroatoms. The fourth-order valence-electron chi connectivity index (χ4n) is 2.90. The number of unbranched alkanes of at least 4 members (excludes halogenated alkanes) is 2. The van der Waals surface area contributed by atoms with Gasteiger partial charge in [-0.05, 0) is 93.8 Å². The number of allylic oxidation sites excluding steroid dienone is 3. The van der Waals surface area contributed by atoms with Gasteiger partial charge in [-0.15, -0.1) is 0 Å². The lowest BCUT2D eigenvalue weighted by Gasteiger charge is -2.10. The first-order valence-corrected chi connectivity index (χ1v) is 9.30. The van der Waals surface area contributed by atoms with Crippen LogP contribution in [-0.4, -0.2) is 4.98 Å². The van der Waals surface area contributed by atoms with Crippen molar-refractivity contribution in [1.29, 1.82) is 0 Å². The van der Waals surface area contributed by atoms with E-state index in [4.69, 9.17) is 11.5 Å². The van der Waals surface area contributed by atoms with Gasteiger partial charge in [-0.2, -0.15) is 0 Å². The molecule has 1 aromatic carbocycles. The van der Waals surface area contributed by atoms with E-state index in [1.54, 1.807) is 0 Å². The number of aromatic nitrogens is 1. The van der Waals surface area contributed by atoms with Crippen LogP contribution in [-0.2, 0) is 6.42 Å². The van der Waals surface area contributed by atoms with Crippen LogP contribution in [0.5, 0.6) is 0 Å². The van der Waals surface area contributed by atoms with Gasteiger partial charge in [0.05, 0.1) is 11.4 Å². The van der Waals surface area contributed by atoms with E-state index in [1.165, 1.54) is 29.5 Å². The molecule has 1 heterocycles. The zero-order valence-corrected chi connectivity index (χ0v) is 16.5. The number of nitrogens with two attached hydrogens (primary N) is 2. The lowest BCUT2D eigenvalue weighted by molar-refractivity contribution is 0.748. The molecule has 2 rings (SSSR count). The fourth-order valence-corrected chi connectivity index (χ4v) is 2.90. The lowest BCUT2D eigenvalue weighted by atomic mass is 10.0. The molecule has 1 aromatic heterocycles. The van der Waals surface area contributed by atoms with Crippen molar-refractivity contribution in [2.45, 2.75) is 53.4 Å². The van der Waals surface area contributed by atoms with Crippen LogP contribution in [0.15, 0.2) is 48.2 Å². The van der Waals surface area contributed by atoms with E-state index in [0.29, 0.717) is 0 Å². The van der Waals surface area contributed by atoms with Crippen LogP contribution in [0.2, 0.25) is 0 Å². The molecule has 0 unspecified atom stereocenters. The minimum Gasteiger partial charge on any atom is -0.399 e. The van der Waals surface area contributed by atoms with E-state index in [9.17, 15) is 0 Å². The van der Waals surface area contributed by atoms with Gasteiger partial charge in [0, 0.05) is 11.9 Å². The van der Waals surface area contributed by atoms with Gasteiger partial charge in [0.2, 0.25) is 0 Å². The zero-order chi connectivity index (χ0) is 19.1. The Balaban J connectivity index is 1.90. The number of aryl methyl sites for hydroxylation is 2. The van der Waals surface area contributed by atoms with Gasteiger partial charge >= 0.3 is 0 Å². The summed E-state index contributed by atoms with van der Waals surface area (Å²) >= 11 is 0. The summed E-state index contributed by atoms with van der Waals surface area (Å²) < 4.78 is 0. The average molecular weight is 350 g/mol. The van der Waals surface area contributed by atoms with Crippen molar-refractivity contribution in [1.82, 2.24) is 4.98 Å². The molecule has 4 N–H and O–H groups in total. The minimum atomic E-state index is 0.776. The minimum absolute atomic E-state index is 0.776. The summed E-state index contributed by atoms with van der Waals surface area (Å²) in [5, 5.41) is 0. The third kappa shape index (κ3) is 5.48. The first-order valence-electron chi connectivity index (χ1n) is 9.30. The first kappa shape index (κ1) is 19.8. The molecule has 0 saturated carbocycles. The summed E-state index contributed by atoms with van der Waals surface area (Å²) in [5.41, 5.74) is 20.4. The number of benzene rings is 1. The Hall–Kier alpha value is -2.55. The van der Waals surface area contributed by atoms with Crippen LogP contribution in [0.25, 0.3) is 11.3 Å². The van der Waals surface area contributed by atoms with Gasteiger partial charge in [-0.3, -0.25) is 4.98 Å². The van der Waals surface area contributed by atoms with Crippen molar-refractivity contribution in [2.75, 3.05) is 5.73 Å². The molecule has 0 radical (unpaired) electrons. The van der Waals surface area contributed by atoms with E-state index in [-0.39, 0.29) is 0 Å². The van der Waals surface area contributed by atoms with Gasteiger partial charge in [0.15, 0.2) is 0 Å². The van der Waals surface area contributed by atoms with Crippen molar-refractivity contribution in [2.24, 2.45) is 5.73 Å². The highest BCUT2D eigenvalue weighted by Crippen LogP contribution is 2.21. The van der Waals surface area contributed by atoms with Gasteiger partial charge in [-0.1, -0.05) is 23.8 Å². The maximum Gasteiger partial charge on any atom is 0.0887 e. The van der Waals surface area contributed by atoms with Crippen molar-refractivity contribution in [3.8, 4) is 0 Å². The average Bonchev–Trinajstić information content (AvgIpc) is 2.62. The topological polar surface area (TPSA) is 64.9 Å². The fraction of sp³-hybridized carbons (Fsp3) is 0.348. The number of hydrogen-bond acceptors (Lipinski definition) is 3. The Morgan fingerprint density at radius 3 is 2.38 bits per heavy atom. The standard InChI is InChI=1S/C23H31N3/c1-16(2)22(25)23-18(4)14-20(15-26-23)17(3)8-6-5-7-9-19-10-12-21(24)13-11-19/h8,10-15H,5-7,9,24-25H2,1-4H3/b17-8+. The summed E-state index contributed by atoms with van der Waals surface area (Å²) in [6.45, 7) is 8.25. The highest BCUT2D eigenvalue weighted by molar-refractivity contribution is 5.69. The molecular weight excluding hydrogens is 318 g/mol. The summed E-state index contributed by atoms with van der Waals surface area (Å²) in [6.07, 6.45) is 8.78. The second-order valence-electron chi connectivity index (χ2n) is 7.18. The second-order valence-corrected chi connectivity index (χ2v) is 7.18. The van der Waals surface area contributed by atoms with E-state index in [1.807, 2.05) is 32.2 Å². The van der Waals surface area contributed by atoms with Gasteiger partial charge < -0.3 is 11.5 Å². The molecule has 0 fully saturated rings. The molecule has 138 valence electrons. The maximum atomic E-state index is 6.13. The van der Waals surface area contributed by atoms with Crippen molar-refractivity contribution in [3.63, 3.8) is 0 Å². The largest absolute Gasteiger partial charge is 0.399 e. The Kier molecular flexibility index (Phi) is 7.02. The molecule has 0 aliphatic rings. The maximum absolute atomic E-state index is 6.13. The van der Waals surface area contributed by atoms with Crippen molar-refractivity contribution < 1.29 is 0 Å². The number of rotatable bonds is 7. The zero-order valence-electron chi connectivity index (χ0n) is 16.5. The van der Waals surface area contributed by atoms with Crippen LogP contribution >= 0.6 is 0 Å². The molecule has 3 nitrogen and oxygen atoms in total. The van der Waals surface area contributed by atoms with Gasteiger partial charge in [-0.25, -0.2) is 0 Å². The molecular formula is C23H31N3. The van der Waals surface area contributed by atoms with Crippen LogP contribution in [0.1, 0.15) is 62.4 Å². The van der Waals surface area contributed by atoms with Gasteiger partial charge in [0.25, 0.3) is 0 Å². The molecule has 0 aliphatic carbocycles. The number of hydrogen-bond donors (Lipinski definition) is 2. The predicted molar refractivity (Wildman–Crippen MR) is 113 cm³/mol. The molecule has 0 aliphatic heterocycles. The van der Waals surface area contributed by atoms with E-state index >= 15 is 0 Å². The second kappa shape index (κ2) is 9.23. The first-order chi connectivity index (χ1) is 12.4. The number of nitrogen functional groups attached to an aromatic ring is 1. The predicted octanol–water partition coefficient (Wildman–Crippen LogP) is 5.50. The summed E-state index contributed by atoms with van der Waals surface area (Å²) in [6, 6.07) is 10.4. The summed E-state index contributed by atoms with van der Waals surface area (Å²) in [5.74, 6) is 0. The van der Waals surface area contributed by atoms with E-state index in [0.717, 1.165) is 41.1 Å². The summed E-state index contributed by atoms with van der Waals surface area (Å²) in [4.78, 5) is 4.58. The number of anilines is 1. The Morgan fingerprint density at radius 2 is 1.77 bits per heavy atom. The Labute approximate surface area is 157 Å². The van der Waals surface area contributed by atoms with Gasteiger partial charge in [0.1, 0.15) is 0 Å². The molecule has 26 heavy (non-hydrogen) atoms. The van der Waals surface area contributed by atoms with Crippen LogP contribution < -0.4 is 11.5 Å². The smallest absolute Gasteiger partial charge is 0.0887 e. The Morgan fingerprint density at radius 1 is 1.08 bits per heavy atom. The molecule has 0 saturated heterocycles. The van der Waals surface area contributed by atoms with Crippen molar-refractivity contribution in [3.05, 3.63) is 70.6 Å². The SMILES string of the molecule is CC(C)=C(N)c1ncc(/C(C)=C/CCCCc2ccc(N)cc2)cc1C. The third-order valence-electron chi connectivity index (χ3n) is 4.68. The molecule has 2 aromatic rings. The number of nitrogens with zero attached hydrogens (tertiary/aromatic N) is 1. The van der Waals surface area contributed by atoms with Crippen LogP contribution in [0.3, 0.4) is 0 Å². The van der Waals surface area contributed by atoms with E-state index in [2.05, 4.69) is 43.1 Å². The Bertz CT molecular complexity index is 795. The quantitative estimate of drug-likeness (QED) is 0.512. The van der Waals surface area contributed by atoms with Crippen LogP contribution in [0, 0.1) is 6.92 Å². The van der Waals surface area contributed by atoms with Crippen LogP contribution in [0.4, 0.5) is 5.69 Å².